The summed E-state index contributed by atoms with van der Waals surface area (Å²) in [5, 5.41) is 2.66. The normalized spacial score (nSPS) is 42.1. The van der Waals surface area contributed by atoms with Crippen LogP contribution in [0.15, 0.2) is 16.5 Å². The lowest BCUT2D eigenvalue weighted by atomic mass is 9.74. The molecular weight excluding hydrogens is 437 g/mol. The van der Waals surface area contributed by atoms with Gasteiger partial charge < -0.3 is 5.32 Å². The van der Waals surface area contributed by atoms with Gasteiger partial charge in [-0.25, -0.2) is 21.7 Å². The predicted molar refractivity (Wildman–Crippen MR) is 108 cm³/mol. The van der Waals surface area contributed by atoms with Crippen LogP contribution in [0, 0.1) is 34.8 Å². The molecule has 9 heteroatoms. The predicted octanol–water partition coefficient (Wildman–Crippen LogP) is 4.42. The Kier molecular flexibility index (Phi) is 4.54. The number of halogens is 4. The fourth-order valence-electron chi connectivity index (χ4n) is 6.26. The molecule has 4 fully saturated rings. The molecule has 4 aliphatic rings. The van der Waals surface area contributed by atoms with Crippen molar-refractivity contribution >= 4 is 27.2 Å². The number of benzene rings is 1. The fourth-order valence-corrected chi connectivity index (χ4v) is 8.97. The largest absolute Gasteiger partial charge is 0.348 e. The molecule has 5 atom stereocenters. The van der Waals surface area contributed by atoms with Gasteiger partial charge in [0.15, 0.2) is 0 Å². The highest BCUT2D eigenvalue weighted by Crippen LogP contribution is 2.64. The van der Waals surface area contributed by atoms with Gasteiger partial charge in [-0.1, -0.05) is 11.6 Å². The van der Waals surface area contributed by atoms with Gasteiger partial charge in [-0.2, -0.15) is 0 Å². The molecule has 0 radical (unpaired) electrons. The number of amides is 1. The van der Waals surface area contributed by atoms with E-state index in [4.69, 9.17) is 11.6 Å². The average Bonchev–Trinajstić information content (AvgIpc) is 3.00. The standard InChI is InChI=1S/C21H24ClF3N2O2S/c1-26-30(29)8-11-12(9-30)15(11)19(28)27-18(16-14(23)3-2-13(22)17(16)24)20-4-6-21(25,10-20)7-5-20/h2-3,11-12,15,18H,4-10H2,1H3,(H,27,28)/t11-,12+,15?,18-,20?,21?,30?/m1/s1. The molecule has 5 rings (SSSR count). The van der Waals surface area contributed by atoms with Crippen LogP contribution in [0.4, 0.5) is 13.2 Å². The maximum atomic E-state index is 15.0. The smallest absolute Gasteiger partial charge is 0.224 e. The first-order valence-electron chi connectivity index (χ1n) is 10.3. The number of fused-ring (bicyclic) bond motifs is 3. The van der Waals surface area contributed by atoms with E-state index in [0.717, 1.165) is 12.1 Å². The summed E-state index contributed by atoms with van der Waals surface area (Å²) >= 11 is 5.93. The number of rotatable bonds is 4. The molecule has 30 heavy (non-hydrogen) atoms. The monoisotopic (exact) mass is 460 g/mol. The van der Waals surface area contributed by atoms with E-state index in [-0.39, 0.29) is 40.7 Å². The number of carbonyl (C=O) groups excluding carboxylic acids is 1. The second-order valence-corrected chi connectivity index (χ2v) is 12.5. The first kappa shape index (κ1) is 20.6. The summed E-state index contributed by atoms with van der Waals surface area (Å²) in [6.07, 6.45) is 1.76. The minimum Gasteiger partial charge on any atom is -0.348 e. The highest BCUT2D eigenvalue weighted by atomic mass is 35.5. The van der Waals surface area contributed by atoms with Crippen molar-refractivity contribution in [2.24, 2.45) is 27.5 Å². The van der Waals surface area contributed by atoms with E-state index in [1.54, 1.807) is 0 Å². The van der Waals surface area contributed by atoms with E-state index in [0.29, 0.717) is 37.2 Å². The summed E-state index contributed by atoms with van der Waals surface area (Å²) < 4.78 is 61.1. The topological polar surface area (TPSA) is 58.5 Å². The van der Waals surface area contributed by atoms with Crippen LogP contribution in [0.1, 0.15) is 43.7 Å². The van der Waals surface area contributed by atoms with E-state index in [1.807, 2.05) is 0 Å². The van der Waals surface area contributed by atoms with E-state index >= 15 is 0 Å². The summed E-state index contributed by atoms with van der Waals surface area (Å²) in [6, 6.07) is 1.25. The van der Waals surface area contributed by atoms with Gasteiger partial charge in [0.2, 0.25) is 5.91 Å². The zero-order valence-corrected chi connectivity index (χ0v) is 18.2. The van der Waals surface area contributed by atoms with Crippen molar-refractivity contribution < 1.29 is 22.2 Å². The summed E-state index contributed by atoms with van der Waals surface area (Å²) in [6.45, 7) is 0. The van der Waals surface area contributed by atoms with E-state index in [2.05, 4.69) is 9.68 Å². The number of nitrogens with zero attached hydrogens (tertiary/aromatic N) is 1. The maximum absolute atomic E-state index is 15.0. The van der Waals surface area contributed by atoms with Crippen LogP contribution in [-0.4, -0.2) is 34.3 Å². The lowest BCUT2D eigenvalue weighted by Gasteiger charge is -2.37. The van der Waals surface area contributed by atoms with Crippen LogP contribution < -0.4 is 5.32 Å². The second kappa shape index (κ2) is 6.61. The second-order valence-electron chi connectivity index (χ2n) is 9.53. The van der Waals surface area contributed by atoms with Gasteiger partial charge in [0.25, 0.3) is 0 Å². The van der Waals surface area contributed by atoms with Crippen molar-refractivity contribution in [3.63, 3.8) is 0 Å². The van der Waals surface area contributed by atoms with Crippen molar-refractivity contribution in [2.75, 3.05) is 18.6 Å². The number of nitrogens with one attached hydrogen (secondary N) is 1. The molecule has 1 heterocycles. The first-order valence-corrected chi connectivity index (χ1v) is 12.6. The third-order valence-electron chi connectivity index (χ3n) is 7.95. The van der Waals surface area contributed by atoms with Crippen LogP contribution in [0.3, 0.4) is 0 Å². The first-order chi connectivity index (χ1) is 14.1. The van der Waals surface area contributed by atoms with Crippen molar-refractivity contribution in [1.82, 2.24) is 5.32 Å². The molecule has 1 aromatic carbocycles. The van der Waals surface area contributed by atoms with Crippen molar-refractivity contribution in [1.29, 1.82) is 0 Å². The maximum Gasteiger partial charge on any atom is 0.224 e. The Labute approximate surface area is 179 Å². The summed E-state index contributed by atoms with van der Waals surface area (Å²) in [7, 11) is -0.700. The zero-order valence-electron chi connectivity index (χ0n) is 16.6. The molecule has 3 saturated carbocycles. The number of carbonyl (C=O) groups is 1. The Balaban J connectivity index is 1.46. The van der Waals surface area contributed by atoms with E-state index in [9.17, 15) is 22.2 Å². The van der Waals surface area contributed by atoms with Gasteiger partial charge in [-0.15, -0.1) is 0 Å². The third-order valence-corrected chi connectivity index (χ3v) is 10.7. The van der Waals surface area contributed by atoms with Gasteiger partial charge in [-0.05, 0) is 61.5 Å². The lowest BCUT2D eigenvalue weighted by Crippen LogP contribution is -2.41. The molecule has 4 nitrogen and oxygen atoms in total. The van der Waals surface area contributed by atoms with Crippen molar-refractivity contribution in [3.05, 3.63) is 34.4 Å². The Morgan fingerprint density at radius 2 is 1.87 bits per heavy atom. The third kappa shape index (κ3) is 3.00. The Morgan fingerprint density at radius 1 is 1.23 bits per heavy atom. The molecule has 3 aliphatic carbocycles. The fraction of sp³-hybridized carbons (Fsp3) is 0.667. The van der Waals surface area contributed by atoms with Gasteiger partial charge in [0, 0.05) is 39.8 Å². The molecule has 1 saturated heterocycles. The summed E-state index contributed by atoms with van der Waals surface area (Å²) in [5.41, 5.74) is -2.34. The molecule has 2 bridgehead atoms. The minimum atomic E-state index is -2.23. The van der Waals surface area contributed by atoms with Crippen molar-refractivity contribution in [2.45, 2.75) is 43.8 Å². The Bertz CT molecular complexity index is 1030. The lowest BCUT2D eigenvalue weighted by molar-refractivity contribution is -0.124. The Morgan fingerprint density at radius 3 is 2.40 bits per heavy atom. The molecule has 1 N–H and O–H groups in total. The number of hydrogen-bond acceptors (Lipinski definition) is 3. The molecule has 1 aliphatic heterocycles. The van der Waals surface area contributed by atoms with Crippen LogP contribution in [0.5, 0.6) is 0 Å². The molecule has 1 amide bonds. The van der Waals surface area contributed by atoms with Gasteiger partial charge in [0.05, 0.1) is 11.1 Å². The van der Waals surface area contributed by atoms with Crippen molar-refractivity contribution in [3.8, 4) is 0 Å². The van der Waals surface area contributed by atoms with Gasteiger partial charge in [0.1, 0.15) is 17.3 Å². The van der Waals surface area contributed by atoms with Crippen LogP contribution in [-0.2, 0) is 14.5 Å². The molecule has 1 aromatic rings. The van der Waals surface area contributed by atoms with E-state index in [1.165, 1.54) is 7.05 Å². The molecule has 0 spiro atoms. The quantitative estimate of drug-likeness (QED) is 0.676. The number of hydrogen-bond donors (Lipinski definition) is 1. The summed E-state index contributed by atoms with van der Waals surface area (Å²) in [4.78, 5) is 13.1. The Hall–Kier alpha value is -1.28. The van der Waals surface area contributed by atoms with Crippen LogP contribution >= 0.6 is 11.6 Å². The highest BCUT2D eigenvalue weighted by molar-refractivity contribution is 7.93. The van der Waals surface area contributed by atoms with Gasteiger partial charge >= 0.3 is 0 Å². The average molecular weight is 461 g/mol. The van der Waals surface area contributed by atoms with Crippen LogP contribution in [0.25, 0.3) is 0 Å². The highest BCUT2D eigenvalue weighted by Gasteiger charge is 2.63. The zero-order chi connectivity index (χ0) is 21.5. The van der Waals surface area contributed by atoms with Crippen LogP contribution in [0.2, 0.25) is 5.02 Å². The molecular formula is C21H24ClF3N2O2S. The summed E-state index contributed by atoms with van der Waals surface area (Å²) in [5.74, 6) is -1.58. The van der Waals surface area contributed by atoms with E-state index < -0.39 is 38.5 Å². The van der Waals surface area contributed by atoms with Gasteiger partial charge in [-0.3, -0.25) is 4.79 Å². The number of alkyl halides is 1. The molecule has 164 valence electrons. The molecule has 2 unspecified atom stereocenters. The molecule has 0 aromatic heterocycles. The minimum absolute atomic E-state index is 0.0131. The SMILES string of the molecule is CN=S1(=O)C[C@@H]2C(C(=O)N[C@H](c3c(F)ccc(Cl)c3F)C34CCC(F)(CC3)C4)[C@@H]2C1.